The van der Waals surface area contributed by atoms with Crippen molar-refractivity contribution in [1.29, 1.82) is 0 Å². The zero-order valence-electron chi connectivity index (χ0n) is 15.8. The Bertz CT molecular complexity index is 800. The number of anilines is 1. The predicted molar refractivity (Wildman–Crippen MR) is 100 cm³/mol. The molecule has 1 aromatic carbocycles. The van der Waals surface area contributed by atoms with Crippen molar-refractivity contribution in [2.24, 2.45) is 0 Å². The van der Waals surface area contributed by atoms with Gasteiger partial charge in [0.2, 0.25) is 0 Å². The first kappa shape index (κ1) is 20.9. The zero-order valence-corrected chi connectivity index (χ0v) is 15.8. The molecule has 0 spiro atoms. The standard InChI is InChI=1S/C19H23N3O6/c1-3-4-9-26-15-7-5-14(6-8-15)19(25)20-11-18(24)27-12-17(23)21-16-10-13(2)28-22-16/h5-8,10H,3-4,9,11-12H2,1-2H3,(H,20,25)(H,21,22,23). The highest BCUT2D eigenvalue weighted by Crippen LogP contribution is 2.12. The Morgan fingerprint density at radius 2 is 1.93 bits per heavy atom. The molecular weight excluding hydrogens is 366 g/mol. The van der Waals surface area contributed by atoms with E-state index in [-0.39, 0.29) is 12.4 Å². The molecule has 2 rings (SSSR count). The van der Waals surface area contributed by atoms with Crippen molar-refractivity contribution in [2.75, 3.05) is 25.1 Å². The van der Waals surface area contributed by atoms with E-state index in [4.69, 9.17) is 14.0 Å². The Kier molecular flexibility index (Phi) is 8.01. The van der Waals surface area contributed by atoms with Crippen LogP contribution in [-0.2, 0) is 14.3 Å². The molecule has 0 saturated heterocycles. The van der Waals surface area contributed by atoms with Crippen LogP contribution in [0, 0.1) is 6.92 Å². The first-order valence-corrected chi connectivity index (χ1v) is 8.87. The highest BCUT2D eigenvalue weighted by atomic mass is 16.5. The molecule has 1 heterocycles. The van der Waals surface area contributed by atoms with Gasteiger partial charge in [-0.15, -0.1) is 0 Å². The first-order chi connectivity index (χ1) is 13.5. The maximum absolute atomic E-state index is 12.0. The van der Waals surface area contributed by atoms with Crippen LogP contribution in [0.4, 0.5) is 5.82 Å². The van der Waals surface area contributed by atoms with Gasteiger partial charge in [0.05, 0.1) is 6.61 Å². The van der Waals surface area contributed by atoms with E-state index < -0.39 is 24.4 Å². The molecule has 0 unspecified atom stereocenters. The number of benzene rings is 1. The van der Waals surface area contributed by atoms with E-state index in [2.05, 4.69) is 22.7 Å². The lowest BCUT2D eigenvalue weighted by Crippen LogP contribution is -2.32. The molecule has 9 heteroatoms. The molecule has 9 nitrogen and oxygen atoms in total. The third kappa shape index (κ3) is 7.10. The maximum Gasteiger partial charge on any atom is 0.325 e. The van der Waals surface area contributed by atoms with E-state index in [9.17, 15) is 14.4 Å². The fraction of sp³-hybridized carbons (Fsp3) is 0.368. The molecule has 150 valence electrons. The number of unbranched alkanes of at least 4 members (excludes halogenated alkanes) is 1. The summed E-state index contributed by atoms with van der Waals surface area (Å²) in [7, 11) is 0. The Labute approximate surface area is 162 Å². The molecule has 0 aliphatic heterocycles. The molecule has 0 fully saturated rings. The number of aromatic nitrogens is 1. The van der Waals surface area contributed by atoms with Gasteiger partial charge in [0.1, 0.15) is 18.1 Å². The average molecular weight is 389 g/mol. The molecule has 0 radical (unpaired) electrons. The minimum atomic E-state index is -0.737. The molecule has 2 amide bonds. The van der Waals surface area contributed by atoms with Crippen molar-refractivity contribution in [3.63, 3.8) is 0 Å². The topological polar surface area (TPSA) is 120 Å². The van der Waals surface area contributed by atoms with Crippen LogP contribution in [0.3, 0.4) is 0 Å². The van der Waals surface area contributed by atoms with Gasteiger partial charge in [-0.25, -0.2) is 0 Å². The second-order valence-corrected chi connectivity index (χ2v) is 5.94. The number of rotatable bonds is 10. The summed E-state index contributed by atoms with van der Waals surface area (Å²) in [5, 5.41) is 8.44. The van der Waals surface area contributed by atoms with Crippen molar-refractivity contribution >= 4 is 23.6 Å². The van der Waals surface area contributed by atoms with Gasteiger partial charge in [0.25, 0.3) is 11.8 Å². The monoisotopic (exact) mass is 389 g/mol. The lowest BCUT2D eigenvalue weighted by atomic mass is 10.2. The van der Waals surface area contributed by atoms with Gasteiger partial charge in [0.15, 0.2) is 12.4 Å². The minimum absolute atomic E-state index is 0.231. The molecular formula is C19H23N3O6. The number of esters is 1. The van der Waals surface area contributed by atoms with Crippen LogP contribution < -0.4 is 15.4 Å². The zero-order chi connectivity index (χ0) is 20.4. The normalized spacial score (nSPS) is 10.2. The van der Waals surface area contributed by atoms with Gasteiger partial charge in [-0.05, 0) is 37.6 Å². The Morgan fingerprint density at radius 1 is 1.18 bits per heavy atom. The number of carbonyl (C=O) groups excluding carboxylic acids is 3. The summed E-state index contributed by atoms with van der Waals surface area (Å²) >= 11 is 0. The molecule has 1 aromatic heterocycles. The van der Waals surface area contributed by atoms with Crippen LogP contribution in [0.25, 0.3) is 0 Å². The maximum atomic E-state index is 12.0. The van der Waals surface area contributed by atoms with Crippen molar-refractivity contribution in [1.82, 2.24) is 10.5 Å². The fourth-order valence-electron chi connectivity index (χ4n) is 2.09. The Hall–Kier alpha value is -3.36. The number of carbonyl (C=O) groups is 3. The average Bonchev–Trinajstić information content (AvgIpc) is 3.09. The number of ether oxygens (including phenoxy) is 2. The molecule has 0 aliphatic carbocycles. The van der Waals surface area contributed by atoms with Crippen LogP contribution in [0.2, 0.25) is 0 Å². The summed E-state index contributed by atoms with van der Waals surface area (Å²) in [6, 6.07) is 8.13. The van der Waals surface area contributed by atoms with E-state index >= 15 is 0 Å². The second kappa shape index (κ2) is 10.7. The summed E-state index contributed by atoms with van der Waals surface area (Å²) in [5.41, 5.74) is 0.384. The van der Waals surface area contributed by atoms with Crippen molar-refractivity contribution < 1.29 is 28.4 Å². The highest BCUT2D eigenvalue weighted by Gasteiger charge is 2.12. The minimum Gasteiger partial charge on any atom is -0.494 e. The van der Waals surface area contributed by atoms with Crippen molar-refractivity contribution in [3.8, 4) is 5.75 Å². The largest absolute Gasteiger partial charge is 0.494 e. The SMILES string of the molecule is CCCCOc1ccc(C(=O)NCC(=O)OCC(=O)Nc2cc(C)on2)cc1. The third-order valence-electron chi connectivity index (χ3n) is 3.54. The quantitative estimate of drug-likeness (QED) is 0.471. The predicted octanol–water partition coefficient (Wildman–Crippen LogP) is 2.07. The van der Waals surface area contributed by atoms with E-state index in [0.717, 1.165) is 12.8 Å². The molecule has 0 bridgehead atoms. The summed E-state index contributed by atoms with van der Waals surface area (Å²) in [4.78, 5) is 35.4. The lowest BCUT2D eigenvalue weighted by molar-refractivity contribution is -0.146. The fourth-order valence-corrected chi connectivity index (χ4v) is 2.09. The van der Waals surface area contributed by atoms with E-state index in [1.807, 2.05) is 0 Å². The van der Waals surface area contributed by atoms with Crippen molar-refractivity contribution in [3.05, 3.63) is 41.7 Å². The van der Waals surface area contributed by atoms with Gasteiger partial charge < -0.3 is 24.6 Å². The second-order valence-electron chi connectivity index (χ2n) is 5.94. The van der Waals surface area contributed by atoms with Crippen LogP contribution in [-0.4, -0.2) is 42.7 Å². The molecule has 0 saturated carbocycles. The smallest absolute Gasteiger partial charge is 0.325 e. The van der Waals surface area contributed by atoms with E-state index in [0.29, 0.717) is 23.7 Å². The van der Waals surface area contributed by atoms with Crippen molar-refractivity contribution in [2.45, 2.75) is 26.7 Å². The molecule has 2 aromatic rings. The molecule has 0 atom stereocenters. The molecule has 28 heavy (non-hydrogen) atoms. The van der Waals surface area contributed by atoms with Crippen LogP contribution >= 0.6 is 0 Å². The molecule has 0 aliphatic rings. The van der Waals surface area contributed by atoms with Gasteiger partial charge >= 0.3 is 5.97 Å². The summed E-state index contributed by atoms with van der Waals surface area (Å²) in [6.07, 6.45) is 2.00. The van der Waals surface area contributed by atoms with Gasteiger partial charge in [-0.2, -0.15) is 0 Å². The van der Waals surface area contributed by atoms with E-state index in [1.165, 1.54) is 6.07 Å². The van der Waals surface area contributed by atoms with Crippen LogP contribution in [0.15, 0.2) is 34.9 Å². The first-order valence-electron chi connectivity index (χ1n) is 8.87. The number of hydrogen-bond donors (Lipinski definition) is 2. The number of nitrogens with zero attached hydrogens (tertiary/aromatic N) is 1. The summed E-state index contributed by atoms with van der Waals surface area (Å²) in [5.74, 6) is -0.284. The van der Waals surface area contributed by atoms with Gasteiger partial charge in [0, 0.05) is 11.6 Å². The number of nitrogens with one attached hydrogen (secondary N) is 2. The Balaban J connectivity index is 1.68. The third-order valence-corrected chi connectivity index (χ3v) is 3.54. The number of aryl methyl sites for hydroxylation is 1. The lowest BCUT2D eigenvalue weighted by Gasteiger charge is -2.08. The summed E-state index contributed by atoms with van der Waals surface area (Å²) in [6.45, 7) is 3.52. The number of amides is 2. The number of hydrogen-bond acceptors (Lipinski definition) is 7. The van der Waals surface area contributed by atoms with E-state index in [1.54, 1.807) is 31.2 Å². The highest BCUT2D eigenvalue weighted by molar-refractivity contribution is 5.96. The summed E-state index contributed by atoms with van der Waals surface area (Å²) < 4.78 is 15.1. The van der Waals surface area contributed by atoms with Gasteiger partial charge in [-0.3, -0.25) is 14.4 Å². The molecule has 2 N–H and O–H groups in total. The van der Waals surface area contributed by atoms with Crippen LogP contribution in [0.5, 0.6) is 5.75 Å². The van der Waals surface area contributed by atoms with Crippen LogP contribution in [0.1, 0.15) is 35.9 Å². The van der Waals surface area contributed by atoms with Gasteiger partial charge in [-0.1, -0.05) is 18.5 Å². The Morgan fingerprint density at radius 3 is 2.57 bits per heavy atom.